The monoisotopic (exact) mass is 513 g/mol. The van der Waals surface area contributed by atoms with Crippen LogP contribution in [0.2, 0.25) is 0 Å². The van der Waals surface area contributed by atoms with Gasteiger partial charge in [0.25, 0.3) is 0 Å². The Morgan fingerprint density at radius 1 is 1.25 bits per heavy atom. The number of alkyl halides is 3. The Hall–Kier alpha value is -2.02. The van der Waals surface area contributed by atoms with Gasteiger partial charge in [0.05, 0.1) is 25.4 Å². The third-order valence-electron chi connectivity index (χ3n) is 3.81. The molecule has 156 valence electrons. The molecule has 0 aliphatic heterocycles. The van der Waals surface area contributed by atoms with Gasteiger partial charge in [0.1, 0.15) is 5.75 Å². The van der Waals surface area contributed by atoms with Gasteiger partial charge in [-0.3, -0.25) is 4.68 Å². The number of hydrogen-bond donors (Lipinski definition) is 2. The number of nitrogens with zero attached hydrogens (tertiary/aromatic N) is 3. The van der Waals surface area contributed by atoms with Crippen LogP contribution in [0, 0.1) is 13.8 Å². The molecule has 0 radical (unpaired) electrons. The minimum Gasteiger partial charge on any atom is -0.406 e. The van der Waals surface area contributed by atoms with Crippen molar-refractivity contribution in [3.05, 3.63) is 41.2 Å². The topological polar surface area (TPSA) is 86.7 Å². The third kappa shape index (κ3) is 7.19. The van der Waals surface area contributed by atoms with Gasteiger partial charge >= 0.3 is 6.36 Å². The summed E-state index contributed by atoms with van der Waals surface area (Å²) in [4.78, 5) is 4.27. The molecule has 1 aromatic carbocycles. The normalized spacial score (nSPS) is 11.9. The lowest BCUT2D eigenvalue weighted by Gasteiger charge is -2.10. The van der Waals surface area contributed by atoms with E-state index in [1.54, 1.807) is 7.11 Å². The number of hydrogen-bond acceptors (Lipinski definition) is 4. The highest BCUT2D eigenvalue weighted by Crippen LogP contribution is 2.24. The van der Waals surface area contributed by atoms with E-state index >= 15 is 0 Å². The molecule has 1 aromatic heterocycles. The average Bonchev–Trinajstić information content (AvgIpc) is 2.85. The fourth-order valence-electron chi connectivity index (χ4n) is 2.45. The molecule has 1 heterocycles. The van der Waals surface area contributed by atoms with Crippen LogP contribution in [0.25, 0.3) is 0 Å². The van der Waals surface area contributed by atoms with Crippen molar-refractivity contribution in [1.29, 1.82) is 0 Å². The highest BCUT2D eigenvalue weighted by molar-refractivity contribution is 14.0. The first-order valence-corrected chi connectivity index (χ1v) is 8.14. The van der Waals surface area contributed by atoms with Gasteiger partial charge in [0.2, 0.25) is 0 Å². The maximum absolute atomic E-state index is 12.2. The number of rotatable bonds is 7. The second-order valence-electron chi connectivity index (χ2n) is 5.76. The second kappa shape index (κ2) is 10.5. The molecule has 0 atom stereocenters. The molecule has 0 amide bonds. The number of benzene rings is 1. The van der Waals surface area contributed by atoms with E-state index in [4.69, 9.17) is 10.5 Å². The standard InChI is InChI=1S/C17H22F3N5O2.HI/c1-11-15(12(2)25(24-11)8-9-26-3)10-22-16(21)23-13-4-6-14(7-5-13)27-17(18,19)20;/h4-7H,8-10H2,1-3H3,(H3,21,22,23);1H. The largest absolute Gasteiger partial charge is 0.573 e. The molecular formula is C17H23F3IN5O2. The van der Waals surface area contributed by atoms with E-state index < -0.39 is 6.36 Å². The molecule has 0 spiro atoms. The third-order valence-corrected chi connectivity index (χ3v) is 3.81. The first kappa shape index (κ1) is 24.0. The first-order chi connectivity index (χ1) is 12.7. The summed E-state index contributed by atoms with van der Waals surface area (Å²) in [5.74, 6) is -0.166. The van der Waals surface area contributed by atoms with Gasteiger partial charge in [-0.2, -0.15) is 5.10 Å². The highest BCUT2D eigenvalue weighted by Gasteiger charge is 2.30. The minimum absolute atomic E-state index is 0. The zero-order valence-electron chi connectivity index (χ0n) is 15.7. The van der Waals surface area contributed by atoms with Gasteiger partial charge in [-0.05, 0) is 38.1 Å². The summed E-state index contributed by atoms with van der Waals surface area (Å²) in [6.45, 7) is 5.38. The van der Waals surface area contributed by atoms with Crippen molar-refractivity contribution in [3.63, 3.8) is 0 Å². The Labute approximate surface area is 178 Å². The Morgan fingerprint density at radius 2 is 1.89 bits per heavy atom. The molecule has 0 saturated carbocycles. The van der Waals surface area contributed by atoms with Gasteiger partial charge in [0.15, 0.2) is 5.96 Å². The van der Waals surface area contributed by atoms with Gasteiger partial charge in [-0.1, -0.05) is 0 Å². The summed E-state index contributed by atoms with van der Waals surface area (Å²) < 4.78 is 47.2. The Bertz CT molecular complexity index is 791. The molecule has 0 fully saturated rings. The number of halogens is 4. The number of methoxy groups -OCH3 is 1. The lowest BCUT2D eigenvalue weighted by molar-refractivity contribution is -0.274. The molecule has 2 aromatic rings. The van der Waals surface area contributed by atoms with Crippen LogP contribution in [-0.4, -0.2) is 35.8 Å². The zero-order chi connectivity index (χ0) is 20.0. The van der Waals surface area contributed by atoms with Crippen LogP contribution in [0.5, 0.6) is 5.75 Å². The number of nitrogens with one attached hydrogen (secondary N) is 1. The summed E-state index contributed by atoms with van der Waals surface area (Å²) in [7, 11) is 1.63. The zero-order valence-corrected chi connectivity index (χ0v) is 18.0. The molecule has 0 aliphatic rings. The quantitative estimate of drug-likeness (QED) is 0.336. The Morgan fingerprint density at radius 3 is 2.46 bits per heavy atom. The van der Waals surface area contributed by atoms with Crippen LogP contribution in [0.4, 0.5) is 18.9 Å². The summed E-state index contributed by atoms with van der Waals surface area (Å²) >= 11 is 0. The van der Waals surface area contributed by atoms with Gasteiger partial charge in [-0.25, -0.2) is 4.99 Å². The van der Waals surface area contributed by atoms with Crippen LogP contribution < -0.4 is 15.8 Å². The van der Waals surface area contributed by atoms with E-state index in [1.807, 2.05) is 18.5 Å². The van der Waals surface area contributed by atoms with Crippen molar-refractivity contribution in [2.45, 2.75) is 33.3 Å². The number of aryl methyl sites for hydroxylation is 1. The molecule has 0 saturated heterocycles. The molecule has 3 N–H and O–H groups in total. The number of aliphatic imine (C=N–C) groups is 1. The van der Waals surface area contributed by atoms with E-state index in [-0.39, 0.29) is 35.7 Å². The minimum atomic E-state index is -4.72. The summed E-state index contributed by atoms with van der Waals surface area (Å²) in [5.41, 5.74) is 9.16. The molecule has 28 heavy (non-hydrogen) atoms. The van der Waals surface area contributed by atoms with Crippen molar-refractivity contribution in [2.75, 3.05) is 19.0 Å². The number of ether oxygens (including phenoxy) is 2. The lowest BCUT2D eigenvalue weighted by atomic mass is 10.2. The smallest absolute Gasteiger partial charge is 0.406 e. The van der Waals surface area contributed by atoms with Crippen LogP contribution in [0.3, 0.4) is 0 Å². The van der Waals surface area contributed by atoms with E-state index in [0.29, 0.717) is 25.4 Å². The summed E-state index contributed by atoms with van der Waals surface area (Å²) in [6.07, 6.45) is -4.72. The Balaban J connectivity index is 0.00000392. The van der Waals surface area contributed by atoms with Crippen molar-refractivity contribution in [3.8, 4) is 5.75 Å². The maximum atomic E-state index is 12.2. The van der Waals surface area contributed by atoms with Crippen LogP contribution in [-0.2, 0) is 17.8 Å². The average molecular weight is 513 g/mol. The van der Waals surface area contributed by atoms with Gasteiger partial charge < -0.3 is 20.5 Å². The predicted octanol–water partition coefficient (Wildman–Crippen LogP) is 3.59. The SMILES string of the molecule is COCCn1nc(C)c(CN=C(N)Nc2ccc(OC(F)(F)F)cc2)c1C.I. The maximum Gasteiger partial charge on any atom is 0.573 e. The lowest BCUT2D eigenvalue weighted by Crippen LogP contribution is -2.22. The number of anilines is 1. The van der Waals surface area contributed by atoms with E-state index in [2.05, 4.69) is 20.1 Å². The molecule has 2 rings (SSSR count). The summed E-state index contributed by atoms with van der Waals surface area (Å²) in [5, 5.41) is 7.27. The van der Waals surface area contributed by atoms with Crippen molar-refractivity contribution >= 4 is 35.6 Å². The van der Waals surface area contributed by atoms with Gasteiger partial charge in [-0.15, -0.1) is 37.1 Å². The number of guanidine groups is 1. The van der Waals surface area contributed by atoms with E-state index in [1.165, 1.54) is 24.3 Å². The molecular weight excluding hydrogens is 490 g/mol. The Kier molecular flexibility index (Phi) is 9.01. The first-order valence-electron chi connectivity index (χ1n) is 8.14. The van der Waals surface area contributed by atoms with Crippen molar-refractivity contribution < 1.29 is 22.6 Å². The van der Waals surface area contributed by atoms with E-state index in [9.17, 15) is 13.2 Å². The number of aromatic nitrogens is 2. The fraction of sp³-hybridized carbons (Fsp3) is 0.412. The highest BCUT2D eigenvalue weighted by atomic mass is 127. The molecule has 0 aliphatic carbocycles. The second-order valence-corrected chi connectivity index (χ2v) is 5.76. The predicted molar refractivity (Wildman–Crippen MR) is 111 cm³/mol. The molecule has 0 bridgehead atoms. The number of nitrogens with two attached hydrogens (primary N) is 1. The molecule has 0 unspecified atom stereocenters. The van der Waals surface area contributed by atoms with Crippen molar-refractivity contribution in [1.82, 2.24) is 9.78 Å². The molecule has 7 nitrogen and oxygen atoms in total. The molecule has 11 heteroatoms. The van der Waals surface area contributed by atoms with Gasteiger partial charge in [0, 0.05) is 24.1 Å². The van der Waals surface area contributed by atoms with Crippen LogP contribution in [0.1, 0.15) is 17.0 Å². The van der Waals surface area contributed by atoms with E-state index in [0.717, 1.165) is 17.0 Å². The fourth-order valence-corrected chi connectivity index (χ4v) is 2.45. The van der Waals surface area contributed by atoms with Crippen LogP contribution >= 0.6 is 24.0 Å². The van der Waals surface area contributed by atoms with Crippen LogP contribution in [0.15, 0.2) is 29.3 Å². The van der Waals surface area contributed by atoms with Crippen molar-refractivity contribution in [2.24, 2.45) is 10.7 Å². The summed E-state index contributed by atoms with van der Waals surface area (Å²) in [6, 6.07) is 5.22.